The molecule has 7 nitrogen and oxygen atoms in total. The highest BCUT2D eigenvalue weighted by Gasteiger charge is 2.19. The molecule has 0 aliphatic heterocycles. The minimum Gasteiger partial charge on any atom is -0.441 e. The molecular weight excluding hydrogens is 402 g/mol. The molecule has 4 aromatic rings. The van der Waals surface area contributed by atoms with Crippen molar-refractivity contribution in [3.05, 3.63) is 88.6 Å². The molecule has 0 atom stereocenters. The van der Waals surface area contributed by atoms with Crippen LogP contribution < -0.4 is 5.32 Å². The Bertz CT molecular complexity index is 1190. The van der Waals surface area contributed by atoms with Gasteiger partial charge in [0.15, 0.2) is 5.69 Å². The van der Waals surface area contributed by atoms with Crippen LogP contribution in [0.25, 0.3) is 11.5 Å². The Morgan fingerprint density at radius 3 is 2.53 bits per heavy atom. The molecule has 0 saturated carbocycles. The fourth-order valence-electron chi connectivity index (χ4n) is 3.48. The highest BCUT2D eigenvalue weighted by atomic mass is 16.4. The molecule has 2 aromatic carbocycles. The van der Waals surface area contributed by atoms with Crippen LogP contribution >= 0.6 is 0 Å². The van der Waals surface area contributed by atoms with Crippen molar-refractivity contribution in [2.24, 2.45) is 0 Å². The summed E-state index contributed by atoms with van der Waals surface area (Å²) in [7, 11) is 0. The predicted octanol–water partition coefficient (Wildman–Crippen LogP) is 4.27. The number of carbonyl (C=O) groups excluding carboxylic acids is 1. The van der Waals surface area contributed by atoms with E-state index in [0.717, 1.165) is 29.9 Å². The molecule has 164 valence electrons. The van der Waals surface area contributed by atoms with E-state index in [1.54, 1.807) is 4.68 Å². The average molecular weight is 430 g/mol. The number of rotatable bonds is 8. The van der Waals surface area contributed by atoms with E-state index in [9.17, 15) is 4.79 Å². The number of benzene rings is 2. The Morgan fingerprint density at radius 1 is 1.03 bits per heavy atom. The standard InChI is InChI=1S/C25H27N5O2/c1-17-11-13-21(14-12-17)25-27-22(19(3)32-25)16-30-18(2)23(28-29-30)24(31)26-15-7-10-20-8-5-4-6-9-20/h4-6,8-9,11-14H,7,10,15-16H2,1-3H3,(H,26,31). The minimum atomic E-state index is -0.209. The average Bonchev–Trinajstić information content (AvgIpc) is 3.35. The maximum Gasteiger partial charge on any atom is 0.273 e. The highest BCUT2D eigenvalue weighted by Crippen LogP contribution is 2.23. The Kier molecular flexibility index (Phi) is 6.44. The third-order valence-corrected chi connectivity index (χ3v) is 5.46. The van der Waals surface area contributed by atoms with Gasteiger partial charge in [-0.15, -0.1) is 5.10 Å². The molecule has 4 rings (SSSR count). The van der Waals surface area contributed by atoms with Gasteiger partial charge in [0.25, 0.3) is 5.91 Å². The van der Waals surface area contributed by atoms with E-state index in [2.05, 4.69) is 32.7 Å². The van der Waals surface area contributed by atoms with Gasteiger partial charge in [0.1, 0.15) is 11.5 Å². The number of aryl methyl sites for hydroxylation is 3. The molecule has 0 bridgehead atoms. The van der Waals surface area contributed by atoms with Crippen LogP contribution in [-0.4, -0.2) is 32.4 Å². The summed E-state index contributed by atoms with van der Waals surface area (Å²) in [5.41, 5.74) is 5.17. The summed E-state index contributed by atoms with van der Waals surface area (Å²) < 4.78 is 7.54. The molecule has 2 heterocycles. The van der Waals surface area contributed by atoms with E-state index >= 15 is 0 Å². The molecule has 0 saturated heterocycles. The largest absolute Gasteiger partial charge is 0.441 e. The third kappa shape index (κ3) is 4.94. The van der Waals surface area contributed by atoms with Gasteiger partial charge in [-0.3, -0.25) is 4.79 Å². The normalized spacial score (nSPS) is 11.0. The van der Waals surface area contributed by atoms with Gasteiger partial charge in [0.2, 0.25) is 5.89 Å². The van der Waals surface area contributed by atoms with Gasteiger partial charge in [-0.2, -0.15) is 0 Å². The van der Waals surface area contributed by atoms with E-state index in [1.165, 1.54) is 11.1 Å². The lowest BCUT2D eigenvalue weighted by Gasteiger charge is -2.05. The molecular formula is C25H27N5O2. The fourth-order valence-corrected chi connectivity index (χ4v) is 3.48. The summed E-state index contributed by atoms with van der Waals surface area (Å²) in [6, 6.07) is 18.3. The van der Waals surface area contributed by atoms with Crippen molar-refractivity contribution in [3.8, 4) is 11.5 Å². The number of amides is 1. The Balaban J connectivity index is 1.37. The Labute approximate surface area is 187 Å². The number of carbonyl (C=O) groups is 1. The SMILES string of the molecule is Cc1ccc(-c2nc(Cn3nnc(C(=O)NCCCc4ccccc4)c3C)c(C)o2)cc1. The van der Waals surface area contributed by atoms with Gasteiger partial charge in [-0.05, 0) is 51.3 Å². The van der Waals surface area contributed by atoms with Crippen LogP contribution in [-0.2, 0) is 13.0 Å². The van der Waals surface area contributed by atoms with Gasteiger partial charge in [0, 0.05) is 12.1 Å². The van der Waals surface area contributed by atoms with Crippen molar-refractivity contribution < 1.29 is 9.21 Å². The van der Waals surface area contributed by atoms with Gasteiger partial charge in [-0.25, -0.2) is 9.67 Å². The summed E-state index contributed by atoms with van der Waals surface area (Å²) in [4.78, 5) is 17.2. The molecule has 1 N–H and O–H groups in total. The fraction of sp³-hybridized carbons (Fsp3) is 0.280. The highest BCUT2D eigenvalue weighted by molar-refractivity contribution is 5.93. The molecule has 0 aliphatic carbocycles. The van der Waals surface area contributed by atoms with Crippen molar-refractivity contribution in [2.75, 3.05) is 6.54 Å². The lowest BCUT2D eigenvalue weighted by atomic mass is 10.1. The Morgan fingerprint density at radius 2 is 1.78 bits per heavy atom. The van der Waals surface area contributed by atoms with Crippen LogP contribution in [0.15, 0.2) is 59.0 Å². The maximum atomic E-state index is 12.6. The summed E-state index contributed by atoms with van der Waals surface area (Å²) in [5, 5.41) is 11.2. The molecule has 0 fully saturated rings. The lowest BCUT2D eigenvalue weighted by molar-refractivity contribution is 0.0947. The number of hydrogen-bond donors (Lipinski definition) is 1. The summed E-state index contributed by atoms with van der Waals surface area (Å²) >= 11 is 0. The molecule has 0 aliphatic rings. The second-order valence-electron chi connectivity index (χ2n) is 7.91. The smallest absolute Gasteiger partial charge is 0.273 e. The first-order chi connectivity index (χ1) is 15.5. The number of hydrogen-bond acceptors (Lipinski definition) is 5. The number of nitrogens with zero attached hydrogens (tertiary/aromatic N) is 4. The first-order valence-corrected chi connectivity index (χ1v) is 10.8. The summed E-state index contributed by atoms with van der Waals surface area (Å²) in [5.74, 6) is 1.09. The number of oxazole rings is 1. The van der Waals surface area contributed by atoms with Crippen molar-refractivity contribution in [1.82, 2.24) is 25.3 Å². The van der Waals surface area contributed by atoms with Crippen molar-refractivity contribution in [2.45, 2.75) is 40.2 Å². The van der Waals surface area contributed by atoms with E-state index < -0.39 is 0 Å². The number of aromatic nitrogens is 4. The van der Waals surface area contributed by atoms with Gasteiger partial charge in [0.05, 0.1) is 12.2 Å². The zero-order valence-corrected chi connectivity index (χ0v) is 18.6. The molecule has 32 heavy (non-hydrogen) atoms. The van der Waals surface area contributed by atoms with Gasteiger partial charge < -0.3 is 9.73 Å². The van der Waals surface area contributed by atoms with Crippen LogP contribution in [0, 0.1) is 20.8 Å². The van der Waals surface area contributed by atoms with Crippen molar-refractivity contribution in [1.29, 1.82) is 0 Å². The Hall–Kier alpha value is -3.74. The van der Waals surface area contributed by atoms with E-state index in [4.69, 9.17) is 4.42 Å². The molecule has 7 heteroatoms. The third-order valence-electron chi connectivity index (χ3n) is 5.46. The van der Waals surface area contributed by atoms with Crippen LogP contribution in [0.1, 0.15) is 45.2 Å². The van der Waals surface area contributed by atoms with Crippen LogP contribution in [0.5, 0.6) is 0 Å². The van der Waals surface area contributed by atoms with Gasteiger partial charge in [-0.1, -0.05) is 53.2 Å². The summed E-state index contributed by atoms with van der Waals surface area (Å²) in [6.45, 7) is 6.74. The maximum absolute atomic E-state index is 12.6. The van der Waals surface area contributed by atoms with E-state index in [-0.39, 0.29) is 5.91 Å². The monoisotopic (exact) mass is 429 g/mol. The zero-order chi connectivity index (χ0) is 22.5. The van der Waals surface area contributed by atoms with Gasteiger partial charge >= 0.3 is 0 Å². The topological polar surface area (TPSA) is 85.8 Å². The molecule has 2 aromatic heterocycles. The lowest BCUT2D eigenvalue weighted by Crippen LogP contribution is -2.26. The molecule has 0 spiro atoms. The van der Waals surface area contributed by atoms with Crippen molar-refractivity contribution in [3.63, 3.8) is 0 Å². The summed E-state index contributed by atoms with van der Waals surface area (Å²) in [6.07, 6.45) is 1.78. The molecule has 1 amide bonds. The molecule has 0 radical (unpaired) electrons. The first-order valence-electron chi connectivity index (χ1n) is 10.8. The molecule has 0 unspecified atom stereocenters. The minimum absolute atomic E-state index is 0.209. The first kappa shape index (κ1) is 21.5. The second kappa shape index (κ2) is 9.60. The van der Waals surface area contributed by atoms with Crippen LogP contribution in [0.3, 0.4) is 0 Å². The second-order valence-corrected chi connectivity index (χ2v) is 7.91. The van der Waals surface area contributed by atoms with E-state index in [0.29, 0.717) is 30.4 Å². The van der Waals surface area contributed by atoms with E-state index in [1.807, 2.05) is 63.2 Å². The zero-order valence-electron chi connectivity index (χ0n) is 18.6. The quantitative estimate of drug-likeness (QED) is 0.423. The van der Waals surface area contributed by atoms with Crippen molar-refractivity contribution >= 4 is 5.91 Å². The van der Waals surface area contributed by atoms with Crippen LogP contribution in [0.4, 0.5) is 0 Å². The predicted molar refractivity (Wildman–Crippen MR) is 122 cm³/mol. The number of nitrogens with one attached hydrogen (secondary N) is 1. The van der Waals surface area contributed by atoms with Crippen LogP contribution in [0.2, 0.25) is 0 Å².